The van der Waals surface area contributed by atoms with Crippen LogP contribution < -0.4 is 0 Å². The number of carbonyl (C=O) groups excluding carboxylic acids is 2. The summed E-state index contributed by atoms with van der Waals surface area (Å²) in [6.07, 6.45) is 1.13. The summed E-state index contributed by atoms with van der Waals surface area (Å²) in [4.78, 5) is 22.8. The van der Waals surface area contributed by atoms with Gasteiger partial charge in [0.05, 0.1) is 25.5 Å². The molecule has 0 N–H and O–H groups in total. The molecule has 0 aliphatic heterocycles. The average Bonchev–Trinajstić information content (AvgIpc) is 2.66. The van der Waals surface area contributed by atoms with Gasteiger partial charge in [-0.2, -0.15) is 0 Å². The fourth-order valence-corrected chi connectivity index (χ4v) is 1.41. The zero-order valence-electron chi connectivity index (χ0n) is 10.3. The first-order chi connectivity index (χ1) is 8.01. The van der Waals surface area contributed by atoms with Gasteiger partial charge in [-0.15, -0.1) is 0 Å². The Morgan fingerprint density at radius 3 is 2.29 bits per heavy atom. The third-order valence-electron chi connectivity index (χ3n) is 2.52. The fraction of sp³-hybridized carbons (Fsp3) is 0.333. The van der Waals surface area contributed by atoms with Crippen LogP contribution in [0.2, 0.25) is 0 Å². The van der Waals surface area contributed by atoms with Crippen LogP contribution in [0, 0.1) is 6.92 Å². The standard InChI is InChI=1S/C12H15NO4/c1-8-5-6-10(13(8)2)9(12(15)17-4)7-11(14)16-3/h5-7H,1-4H3. The van der Waals surface area contributed by atoms with E-state index in [9.17, 15) is 9.59 Å². The number of nitrogens with zero attached hydrogens (tertiary/aromatic N) is 1. The number of hydrogen-bond acceptors (Lipinski definition) is 4. The van der Waals surface area contributed by atoms with Crippen molar-refractivity contribution in [3.05, 3.63) is 29.6 Å². The molecule has 1 aromatic heterocycles. The second kappa shape index (κ2) is 5.34. The molecule has 5 heteroatoms. The summed E-state index contributed by atoms with van der Waals surface area (Å²) < 4.78 is 11.0. The molecule has 0 bridgehead atoms. The summed E-state index contributed by atoms with van der Waals surface area (Å²) >= 11 is 0. The quantitative estimate of drug-likeness (QED) is 0.582. The topological polar surface area (TPSA) is 57.5 Å². The minimum atomic E-state index is -0.593. The highest BCUT2D eigenvalue weighted by Gasteiger charge is 2.17. The zero-order valence-corrected chi connectivity index (χ0v) is 10.3. The molecule has 0 amide bonds. The Labute approximate surface area is 99.6 Å². The molecule has 0 spiro atoms. The van der Waals surface area contributed by atoms with E-state index in [1.807, 2.05) is 13.0 Å². The number of methoxy groups -OCH3 is 2. The molecule has 1 heterocycles. The van der Waals surface area contributed by atoms with Gasteiger partial charge in [-0.05, 0) is 19.1 Å². The van der Waals surface area contributed by atoms with Crippen molar-refractivity contribution in [2.75, 3.05) is 14.2 Å². The first-order valence-corrected chi connectivity index (χ1v) is 5.02. The Hall–Kier alpha value is -2.04. The zero-order chi connectivity index (χ0) is 13.0. The van der Waals surface area contributed by atoms with E-state index in [4.69, 9.17) is 0 Å². The summed E-state index contributed by atoms with van der Waals surface area (Å²) in [5, 5.41) is 0. The maximum Gasteiger partial charge on any atom is 0.340 e. The second-order valence-electron chi connectivity index (χ2n) is 3.49. The largest absolute Gasteiger partial charge is 0.466 e. The molecule has 0 saturated carbocycles. The van der Waals surface area contributed by atoms with Gasteiger partial charge >= 0.3 is 11.9 Å². The first-order valence-electron chi connectivity index (χ1n) is 5.02. The number of aromatic nitrogens is 1. The lowest BCUT2D eigenvalue weighted by atomic mass is 10.2. The second-order valence-corrected chi connectivity index (χ2v) is 3.49. The number of ether oxygens (including phenoxy) is 2. The van der Waals surface area contributed by atoms with Crippen LogP contribution in [0.4, 0.5) is 0 Å². The lowest BCUT2D eigenvalue weighted by Gasteiger charge is -2.07. The van der Waals surface area contributed by atoms with E-state index < -0.39 is 11.9 Å². The Morgan fingerprint density at radius 2 is 1.88 bits per heavy atom. The molecular weight excluding hydrogens is 222 g/mol. The van der Waals surface area contributed by atoms with Crippen LogP contribution >= 0.6 is 0 Å². The van der Waals surface area contributed by atoms with E-state index >= 15 is 0 Å². The third kappa shape index (κ3) is 2.75. The van der Waals surface area contributed by atoms with Gasteiger partial charge in [-0.25, -0.2) is 9.59 Å². The Morgan fingerprint density at radius 1 is 1.24 bits per heavy atom. The molecule has 0 aliphatic carbocycles. The molecule has 17 heavy (non-hydrogen) atoms. The van der Waals surface area contributed by atoms with Crippen molar-refractivity contribution in [3.63, 3.8) is 0 Å². The van der Waals surface area contributed by atoms with Crippen LogP contribution in [0.5, 0.6) is 0 Å². The van der Waals surface area contributed by atoms with E-state index in [1.165, 1.54) is 14.2 Å². The van der Waals surface area contributed by atoms with Crippen molar-refractivity contribution in [3.8, 4) is 0 Å². The van der Waals surface area contributed by atoms with Crippen LogP contribution in [0.3, 0.4) is 0 Å². The molecule has 1 aromatic rings. The molecule has 0 radical (unpaired) electrons. The molecular formula is C12H15NO4. The molecule has 0 fully saturated rings. The van der Waals surface area contributed by atoms with Crippen molar-refractivity contribution in [1.29, 1.82) is 0 Å². The predicted octanol–water partition coefficient (Wildman–Crippen LogP) is 1.06. The van der Waals surface area contributed by atoms with E-state index in [2.05, 4.69) is 9.47 Å². The molecule has 0 saturated heterocycles. The van der Waals surface area contributed by atoms with Gasteiger partial charge < -0.3 is 14.0 Å². The van der Waals surface area contributed by atoms with Crippen LogP contribution in [0.25, 0.3) is 5.57 Å². The van der Waals surface area contributed by atoms with Crippen molar-refractivity contribution in [2.45, 2.75) is 6.92 Å². The molecule has 0 atom stereocenters. The monoisotopic (exact) mass is 237 g/mol. The lowest BCUT2D eigenvalue weighted by Crippen LogP contribution is -2.10. The van der Waals surface area contributed by atoms with Crippen LogP contribution in [-0.4, -0.2) is 30.7 Å². The van der Waals surface area contributed by atoms with Gasteiger partial charge in [-0.3, -0.25) is 0 Å². The van der Waals surface area contributed by atoms with E-state index in [0.717, 1.165) is 11.8 Å². The van der Waals surface area contributed by atoms with Gasteiger partial charge in [-0.1, -0.05) is 0 Å². The molecule has 1 rings (SSSR count). The molecule has 5 nitrogen and oxygen atoms in total. The number of hydrogen-bond donors (Lipinski definition) is 0. The molecule has 92 valence electrons. The van der Waals surface area contributed by atoms with Crippen molar-refractivity contribution in [2.24, 2.45) is 7.05 Å². The minimum Gasteiger partial charge on any atom is -0.466 e. The molecule has 0 aromatic carbocycles. The van der Waals surface area contributed by atoms with Crippen molar-refractivity contribution < 1.29 is 19.1 Å². The van der Waals surface area contributed by atoms with Crippen molar-refractivity contribution in [1.82, 2.24) is 4.57 Å². The Kier molecular flexibility index (Phi) is 4.09. The predicted molar refractivity (Wildman–Crippen MR) is 62.2 cm³/mol. The normalized spacial score (nSPS) is 11.2. The summed E-state index contributed by atoms with van der Waals surface area (Å²) in [5.74, 6) is -1.17. The highest BCUT2D eigenvalue weighted by Crippen LogP contribution is 2.18. The van der Waals surface area contributed by atoms with Gasteiger partial charge in [0, 0.05) is 18.8 Å². The average molecular weight is 237 g/mol. The fourth-order valence-electron chi connectivity index (χ4n) is 1.41. The van der Waals surface area contributed by atoms with Crippen LogP contribution in [0.15, 0.2) is 18.2 Å². The Bertz CT molecular complexity index is 471. The van der Waals surface area contributed by atoms with Crippen molar-refractivity contribution >= 4 is 17.5 Å². The third-order valence-corrected chi connectivity index (χ3v) is 2.52. The van der Waals surface area contributed by atoms with Crippen LogP contribution in [0.1, 0.15) is 11.4 Å². The molecule has 0 unspecified atom stereocenters. The van der Waals surface area contributed by atoms with Gasteiger partial charge in [0.2, 0.25) is 0 Å². The molecule has 0 aliphatic rings. The highest BCUT2D eigenvalue weighted by molar-refractivity contribution is 6.20. The van der Waals surface area contributed by atoms with E-state index in [-0.39, 0.29) is 5.57 Å². The first kappa shape index (κ1) is 13.0. The number of carbonyl (C=O) groups is 2. The van der Waals surface area contributed by atoms with E-state index in [0.29, 0.717) is 5.69 Å². The smallest absolute Gasteiger partial charge is 0.340 e. The SMILES string of the molecule is COC(=O)C=C(C(=O)OC)c1ccc(C)n1C. The van der Waals surface area contributed by atoms with Gasteiger partial charge in [0.25, 0.3) is 0 Å². The van der Waals surface area contributed by atoms with Gasteiger partial charge in [0.15, 0.2) is 0 Å². The minimum absolute atomic E-state index is 0.176. The highest BCUT2D eigenvalue weighted by atomic mass is 16.5. The maximum absolute atomic E-state index is 11.6. The lowest BCUT2D eigenvalue weighted by molar-refractivity contribution is -0.136. The summed E-state index contributed by atoms with van der Waals surface area (Å²) in [5.41, 5.74) is 1.76. The summed E-state index contributed by atoms with van der Waals surface area (Å²) in [6, 6.07) is 3.60. The number of esters is 2. The maximum atomic E-state index is 11.6. The Balaban J connectivity index is 3.25. The number of aryl methyl sites for hydroxylation is 1. The summed E-state index contributed by atoms with van der Waals surface area (Å²) in [7, 11) is 4.33. The van der Waals surface area contributed by atoms with E-state index in [1.54, 1.807) is 17.7 Å². The van der Waals surface area contributed by atoms with Crippen LogP contribution in [-0.2, 0) is 26.1 Å². The summed E-state index contributed by atoms with van der Waals surface area (Å²) in [6.45, 7) is 1.90. The van der Waals surface area contributed by atoms with Gasteiger partial charge in [0.1, 0.15) is 0 Å². The number of rotatable bonds is 3.